The summed E-state index contributed by atoms with van der Waals surface area (Å²) in [4.78, 5) is 0. The summed E-state index contributed by atoms with van der Waals surface area (Å²) in [6, 6.07) is 7.66. The SMILES string of the molecule is CC1(C(C)(CO)Nc2ccccc2Cl)CC1. The number of para-hydroxylation sites is 1. The molecule has 1 saturated carbocycles. The molecule has 0 saturated heterocycles. The molecule has 1 aliphatic carbocycles. The largest absolute Gasteiger partial charge is 0.394 e. The molecule has 0 aromatic heterocycles. The van der Waals surface area contributed by atoms with Gasteiger partial charge in [-0.25, -0.2) is 0 Å². The molecule has 1 fully saturated rings. The predicted molar refractivity (Wildman–Crippen MR) is 67.9 cm³/mol. The highest BCUT2D eigenvalue weighted by Crippen LogP contribution is 2.54. The predicted octanol–water partition coefficient (Wildman–Crippen LogP) is 3.30. The van der Waals surface area contributed by atoms with Crippen LogP contribution in [0.15, 0.2) is 24.3 Å². The summed E-state index contributed by atoms with van der Waals surface area (Å²) in [7, 11) is 0. The number of halogens is 1. The van der Waals surface area contributed by atoms with E-state index in [2.05, 4.69) is 19.2 Å². The van der Waals surface area contributed by atoms with Crippen molar-refractivity contribution in [3.8, 4) is 0 Å². The highest BCUT2D eigenvalue weighted by Gasteiger charge is 2.52. The van der Waals surface area contributed by atoms with Crippen LogP contribution < -0.4 is 5.32 Å². The molecule has 0 spiro atoms. The third kappa shape index (κ3) is 1.92. The van der Waals surface area contributed by atoms with Crippen LogP contribution in [0.4, 0.5) is 5.69 Å². The zero-order chi connectivity index (χ0) is 11.8. The molecular weight excluding hydrogens is 222 g/mol. The van der Waals surface area contributed by atoms with Gasteiger partial charge in [0, 0.05) is 0 Å². The molecule has 1 aliphatic rings. The van der Waals surface area contributed by atoms with E-state index >= 15 is 0 Å². The van der Waals surface area contributed by atoms with Crippen molar-refractivity contribution in [1.82, 2.24) is 0 Å². The van der Waals surface area contributed by atoms with Gasteiger partial charge in [0.05, 0.1) is 22.9 Å². The molecule has 0 amide bonds. The summed E-state index contributed by atoms with van der Waals surface area (Å²) in [6.07, 6.45) is 2.31. The lowest BCUT2D eigenvalue weighted by Gasteiger charge is -2.36. The average molecular weight is 240 g/mol. The Morgan fingerprint density at radius 1 is 1.44 bits per heavy atom. The molecule has 2 rings (SSSR count). The first kappa shape index (κ1) is 11.7. The Balaban J connectivity index is 2.22. The Kier molecular flexibility index (Phi) is 2.89. The summed E-state index contributed by atoms with van der Waals surface area (Å²) in [5.41, 5.74) is 0.785. The third-order valence-corrected chi connectivity index (χ3v) is 4.26. The smallest absolute Gasteiger partial charge is 0.0664 e. The summed E-state index contributed by atoms with van der Waals surface area (Å²) >= 11 is 6.11. The normalized spacial score (nSPS) is 21.2. The molecule has 3 heteroatoms. The summed E-state index contributed by atoms with van der Waals surface area (Å²) in [5.74, 6) is 0. The average Bonchev–Trinajstić information content (AvgIpc) is 3.01. The summed E-state index contributed by atoms with van der Waals surface area (Å²) < 4.78 is 0. The Bertz CT molecular complexity index is 389. The molecule has 2 N–H and O–H groups in total. The molecule has 0 aliphatic heterocycles. The Labute approximate surface area is 102 Å². The van der Waals surface area contributed by atoms with Gasteiger partial charge in [-0.15, -0.1) is 0 Å². The van der Waals surface area contributed by atoms with Crippen LogP contribution >= 0.6 is 11.6 Å². The molecule has 1 unspecified atom stereocenters. The molecule has 1 atom stereocenters. The van der Waals surface area contributed by atoms with Gasteiger partial charge < -0.3 is 10.4 Å². The second kappa shape index (κ2) is 3.94. The zero-order valence-corrected chi connectivity index (χ0v) is 10.5. The van der Waals surface area contributed by atoms with Crippen LogP contribution in [0.5, 0.6) is 0 Å². The van der Waals surface area contributed by atoms with Crippen LogP contribution in [0.1, 0.15) is 26.7 Å². The highest BCUT2D eigenvalue weighted by molar-refractivity contribution is 6.33. The minimum absolute atomic E-state index is 0.120. The molecule has 88 valence electrons. The number of anilines is 1. The highest BCUT2D eigenvalue weighted by atomic mass is 35.5. The number of rotatable bonds is 4. The van der Waals surface area contributed by atoms with Gasteiger partial charge in [-0.3, -0.25) is 0 Å². The van der Waals surface area contributed by atoms with E-state index in [1.807, 2.05) is 24.3 Å². The van der Waals surface area contributed by atoms with Gasteiger partial charge in [-0.1, -0.05) is 30.7 Å². The number of hydrogen-bond donors (Lipinski definition) is 2. The van der Waals surface area contributed by atoms with E-state index in [4.69, 9.17) is 11.6 Å². The van der Waals surface area contributed by atoms with Gasteiger partial charge in [0.15, 0.2) is 0 Å². The number of hydrogen-bond acceptors (Lipinski definition) is 2. The molecule has 0 radical (unpaired) electrons. The summed E-state index contributed by atoms with van der Waals surface area (Å²) in [5, 5.41) is 13.7. The standard InChI is InChI=1S/C13H18ClNO/c1-12(7-8-12)13(2,9-16)15-11-6-4-3-5-10(11)14/h3-6,15-16H,7-9H2,1-2H3. The van der Waals surface area contributed by atoms with Crippen molar-refractivity contribution in [2.45, 2.75) is 32.2 Å². The van der Waals surface area contributed by atoms with Crippen molar-refractivity contribution >= 4 is 17.3 Å². The first-order chi connectivity index (χ1) is 7.51. The molecular formula is C13H18ClNO. The second-order valence-electron chi connectivity index (χ2n) is 5.16. The van der Waals surface area contributed by atoms with Gasteiger partial charge in [0.1, 0.15) is 0 Å². The minimum Gasteiger partial charge on any atom is -0.394 e. The van der Waals surface area contributed by atoms with Gasteiger partial charge >= 0.3 is 0 Å². The van der Waals surface area contributed by atoms with Crippen LogP contribution in [0.25, 0.3) is 0 Å². The lowest BCUT2D eigenvalue weighted by atomic mass is 9.84. The van der Waals surface area contributed by atoms with Crippen molar-refractivity contribution in [2.75, 3.05) is 11.9 Å². The van der Waals surface area contributed by atoms with E-state index < -0.39 is 0 Å². The van der Waals surface area contributed by atoms with E-state index in [0.29, 0.717) is 5.02 Å². The molecule has 1 aromatic carbocycles. The van der Waals surface area contributed by atoms with Crippen molar-refractivity contribution < 1.29 is 5.11 Å². The third-order valence-electron chi connectivity index (χ3n) is 3.93. The van der Waals surface area contributed by atoms with E-state index in [-0.39, 0.29) is 17.6 Å². The maximum absolute atomic E-state index is 9.61. The van der Waals surface area contributed by atoms with Gasteiger partial charge in [-0.05, 0) is 37.3 Å². The van der Waals surface area contributed by atoms with Crippen molar-refractivity contribution in [1.29, 1.82) is 0 Å². The van der Waals surface area contributed by atoms with Gasteiger partial charge in [0.2, 0.25) is 0 Å². The Morgan fingerprint density at radius 2 is 2.06 bits per heavy atom. The minimum atomic E-state index is -0.294. The molecule has 1 aromatic rings. The fraction of sp³-hybridized carbons (Fsp3) is 0.538. The van der Waals surface area contributed by atoms with Gasteiger partial charge in [-0.2, -0.15) is 0 Å². The zero-order valence-electron chi connectivity index (χ0n) is 9.76. The van der Waals surface area contributed by atoms with Crippen LogP contribution in [-0.2, 0) is 0 Å². The first-order valence-electron chi connectivity index (χ1n) is 5.64. The quantitative estimate of drug-likeness (QED) is 0.845. The lowest BCUT2D eigenvalue weighted by Crippen LogP contribution is -2.46. The Morgan fingerprint density at radius 3 is 2.56 bits per heavy atom. The van der Waals surface area contributed by atoms with Gasteiger partial charge in [0.25, 0.3) is 0 Å². The number of aliphatic hydroxyl groups is 1. The lowest BCUT2D eigenvalue weighted by molar-refractivity contribution is 0.167. The molecule has 2 nitrogen and oxygen atoms in total. The fourth-order valence-corrected chi connectivity index (χ4v) is 2.16. The van der Waals surface area contributed by atoms with Crippen molar-refractivity contribution in [3.63, 3.8) is 0 Å². The molecule has 0 bridgehead atoms. The monoisotopic (exact) mass is 239 g/mol. The van der Waals surface area contributed by atoms with E-state index in [0.717, 1.165) is 18.5 Å². The first-order valence-corrected chi connectivity index (χ1v) is 6.02. The molecule has 16 heavy (non-hydrogen) atoms. The van der Waals surface area contributed by atoms with Crippen LogP contribution in [0.2, 0.25) is 5.02 Å². The molecule has 0 heterocycles. The van der Waals surface area contributed by atoms with Crippen LogP contribution in [-0.4, -0.2) is 17.3 Å². The fourth-order valence-electron chi connectivity index (χ4n) is 1.98. The number of nitrogens with one attached hydrogen (secondary N) is 1. The van der Waals surface area contributed by atoms with Crippen molar-refractivity contribution in [2.24, 2.45) is 5.41 Å². The maximum Gasteiger partial charge on any atom is 0.0664 e. The number of aliphatic hydroxyl groups excluding tert-OH is 1. The number of benzene rings is 1. The van der Waals surface area contributed by atoms with E-state index in [1.54, 1.807) is 0 Å². The van der Waals surface area contributed by atoms with Crippen LogP contribution in [0, 0.1) is 5.41 Å². The van der Waals surface area contributed by atoms with E-state index in [1.165, 1.54) is 0 Å². The van der Waals surface area contributed by atoms with Crippen LogP contribution in [0.3, 0.4) is 0 Å². The summed E-state index contributed by atoms with van der Waals surface area (Å²) in [6.45, 7) is 4.38. The maximum atomic E-state index is 9.61. The topological polar surface area (TPSA) is 32.3 Å². The second-order valence-corrected chi connectivity index (χ2v) is 5.56. The van der Waals surface area contributed by atoms with E-state index in [9.17, 15) is 5.11 Å². The van der Waals surface area contributed by atoms with Crippen molar-refractivity contribution in [3.05, 3.63) is 29.3 Å². The Hall–Kier alpha value is -0.730.